The van der Waals surface area contributed by atoms with Crippen molar-refractivity contribution >= 4 is 5.71 Å². The number of fused-ring (bicyclic) bond motifs is 1. The zero-order valence-corrected chi connectivity index (χ0v) is 16.1. The SMILES string of the molecule is CCCc1ccc(CN2CCc3nc(C4=NCCCC4)[nH]c(=O)c3C2)cc1. The number of hydrogen-bond acceptors (Lipinski definition) is 4. The summed E-state index contributed by atoms with van der Waals surface area (Å²) in [4.78, 5) is 27.3. The molecule has 5 nitrogen and oxygen atoms in total. The van der Waals surface area contributed by atoms with Crippen molar-refractivity contribution in [1.82, 2.24) is 14.9 Å². The van der Waals surface area contributed by atoms with E-state index in [9.17, 15) is 4.79 Å². The Bertz CT molecular complexity index is 882. The lowest BCUT2D eigenvalue weighted by Crippen LogP contribution is -2.36. The first-order valence-electron chi connectivity index (χ1n) is 10.2. The minimum Gasteiger partial charge on any atom is -0.305 e. The van der Waals surface area contributed by atoms with E-state index in [2.05, 4.69) is 46.1 Å². The fraction of sp³-hybridized carbons (Fsp3) is 0.500. The Hall–Kier alpha value is -2.27. The number of hydrogen-bond donors (Lipinski definition) is 1. The molecule has 1 aromatic carbocycles. The fourth-order valence-corrected chi connectivity index (χ4v) is 4.00. The second-order valence-corrected chi connectivity index (χ2v) is 7.65. The van der Waals surface area contributed by atoms with Crippen molar-refractivity contribution in [3.8, 4) is 0 Å². The highest BCUT2D eigenvalue weighted by Crippen LogP contribution is 2.18. The van der Waals surface area contributed by atoms with Crippen LogP contribution in [0.4, 0.5) is 0 Å². The number of nitrogens with one attached hydrogen (secondary N) is 1. The summed E-state index contributed by atoms with van der Waals surface area (Å²) in [6.45, 7) is 5.53. The van der Waals surface area contributed by atoms with Gasteiger partial charge in [0.1, 0.15) is 0 Å². The van der Waals surface area contributed by atoms with Gasteiger partial charge in [-0.05, 0) is 36.8 Å². The molecule has 2 aliphatic rings. The van der Waals surface area contributed by atoms with Crippen molar-refractivity contribution in [1.29, 1.82) is 0 Å². The number of benzene rings is 1. The maximum absolute atomic E-state index is 12.7. The minimum atomic E-state index is 0.00580. The minimum absolute atomic E-state index is 0.00580. The predicted molar refractivity (Wildman–Crippen MR) is 108 cm³/mol. The predicted octanol–water partition coefficient (Wildman–Crippen LogP) is 3.25. The Labute approximate surface area is 160 Å². The van der Waals surface area contributed by atoms with Crippen LogP contribution in [0.1, 0.15) is 60.8 Å². The van der Waals surface area contributed by atoms with E-state index in [4.69, 9.17) is 4.98 Å². The second-order valence-electron chi connectivity index (χ2n) is 7.65. The van der Waals surface area contributed by atoms with Crippen molar-refractivity contribution in [2.24, 2.45) is 4.99 Å². The van der Waals surface area contributed by atoms with E-state index in [-0.39, 0.29) is 5.56 Å². The molecule has 27 heavy (non-hydrogen) atoms. The summed E-state index contributed by atoms with van der Waals surface area (Å²) in [6.07, 6.45) is 6.31. The summed E-state index contributed by atoms with van der Waals surface area (Å²) < 4.78 is 0. The zero-order chi connectivity index (χ0) is 18.6. The molecule has 0 unspecified atom stereocenters. The Morgan fingerprint density at radius 3 is 2.67 bits per heavy atom. The highest BCUT2D eigenvalue weighted by molar-refractivity contribution is 5.97. The van der Waals surface area contributed by atoms with E-state index in [1.165, 1.54) is 17.5 Å². The summed E-state index contributed by atoms with van der Waals surface area (Å²) in [5, 5.41) is 0. The molecule has 0 fully saturated rings. The van der Waals surface area contributed by atoms with Crippen LogP contribution in [0.5, 0.6) is 0 Å². The van der Waals surface area contributed by atoms with E-state index < -0.39 is 0 Å². The van der Waals surface area contributed by atoms with E-state index >= 15 is 0 Å². The average Bonchev–Trinajstić information content (AvgIpc) is 2.71. The number of aromatic nitrogens is 2. The number of aliphatic imine (C=N–C) groups is 1. The topological polar surface area (TPSA) is 61.4 Å². The van der Waals surface area contributed by atoms with Crippen molar-refractivity contribution in [3.05, 3.63) is 62.8 Å². The lowest BCUT2D eigenvalue weighted by atomic mass is 10.0. The van der Waals surface area contributed by atoms with Gasteiger partial charge in [0.25, 0.3) is 5.56 Å². The second kappa shape index (κ2) is 8.17. The molecule has 0 spiro atoms. The highest BCUT2D eigenvalue weighted by atomic mass is 16.1. The Morgan fingerprint density at radius 2 is 1.93 bits per heavy atom. The van der Waals surface area contributed by atoms with Gasteiger partial charge in [-0.1, -0.05) is 37.6 Å². The molecule has 0 amide bonds. The summed E-state index contributed by atoms with van der Waals surface area (Å²) in [5.74, 6) is 0.693. The summed E-state index contributed by atoms with van der Waals surface area (Å²) in [7, 11) is 0. The van der Waals surface area contributed by atoms with Crippen LogP contribution in [-0.4, -0.2) is 33.7 Å². The summed E-state index contributed by atoms with van der Waals surface area (Å²) >= 11 is 0. The Balaban J connectivity index is 1.48. The maximum Gasteiger partial charge on any atom is 0.255 e. The van der Waals surface area contributed by atoms with Gasteiger partial charge in [-0.3, -0.25) is 14.7 Å². The number of nitrogens with zero attached hydrogens (tertiary/aromatic N) is 3. The molecule has 0 saturated heterocycles. The van der Waals surface area contributed by atoms with Gasteiger partial charge in [-0.15, -0.1) is 0 Å². The maximum atomic E-state index is 12.7. The Kier molecular flexibility index (Phi) is 5.48. The van der Waals surface area contributed by atoms with Gasteiger partial charge >= 0.3 is 0 Å². The molecule has 5 heteroatoms. The lowest BCUT2D eigenvalue weighted by Gasteiger charge is -2.28. The van der Waals surface area contributed by atoms with E-state index in [1.54, 1.807) is 0 Å². The molecule has 0 saturated carbocycles. The summed E-state index contributed by atoms with van der Waals surface area (Å²) in [5.41, 5.74) is 5.45. The van der Waals surface area contributed by atoms with Crippen molar-refractivity contribution in [2.75, 3.05) is 13.1 Å². The first-order valence-corrected chi connectivity index (χ1v) is 10.2. The molecule has 4 rings (SSSR count). The fourth-order valence-electron chi connectivity index (χ4n) is 4.00. The number of H-pyrrole nitrogens is 1. The van der Waals surface area contributed by atoms with E-state index in [0.29, 0.717) is 12.4 Å². The first kappa shape index (κ1) is 18.1. The van der Waals surface area contributed by atoms with Crippen LogP contribution in [0.15, 0.2) is 34.1 Å². The molecule has 2 aliphatic heterocycles. The number of aryl methyl sites for hydroxylation is 1. The molecular weight excluding hydrogens is 336 g/mol. The first-order chi connectivity index (χ1) is 13.2. The van der Waals surface area contributed by atoms with Gasteiger partial charge < -0.3 is 4.98 Å². The van der Waals surface area contributed by atoms with Crippen molar-refractivity contribution < 1.29 is 0 Å². The standard InChI is InChI=1S/C22H28N4O/c1-2-5-16-7-9-17(10-8-16)14-26-13-11-19-18(15-26)22(27)25-21(24-19)20-6-3-4-12-23-20/h7-10H,2-6,11-15H2,1H3,(H,24,25,27). The smallest absolute Gasteiger partial charge is 0.255 e. The van der Waals surface area contributed by atoms with Gasteiger partial charge in [0.05, 0.1) is 17.0 Å². The van der Waals surface area contributed by atoms with Crippen LogP contribution in [-0.2, 0) is 25.9 Å². The van der Waals surface area contributed by atoms with Gasteiger partial charge in [0.2, 0.25) is 0 Å². The quantitative estimate of drug-likeness (QED) is 0.886. The molecule has 0 aliphatic carbocycles. The van der Waals surface area contributed by atoms with Gasteiger partial charge in [-0.2, -0.15) is 0 Å². The third-order valence-electron chi connectivity index (χ3n) is 5.51. The van der Waals surface area contributed by atoms with Crippen LogP contribution in [0.3, 0.4) is 0 Å². The van der Waals surface area contributed by atoms with Crippen molar-refractivity contribution in [3.63, 3.8) is 0 Å². The third kappa shape index (κ3) is 4.19. The molecule has 1 N–H and O–H groups in total. The van der Waals surface area contributed by atoms with Crippen LogP contribution < -0.4 is 5.56 Å². The van der Waals surface area contributed by atoms with Crippen LogP contribution in [0.2, 0.25) is 0 Å². The molecule has 2 aromatic rings. The lowest BCUT2D eigenvalue weighted by molar-refractivity contribution is 0.241. The van der Waals surface area contributed by atoms with Crippen LogP contribution in [0.25, 0.3) is 0 Å². The van der Waals surface area contributed by atoms with E-state index in [1.807, 2.05) is 0 Å². The molecule has 3 heterocycles. The third-order valence-corrected chi connectivity index (χ3v) is 5.51. The number of rotatable bonds is 5. The average molecular weight is 364 g/mol. The van der Waals surface area contributed by atoms with Gasteiger partial charge in [0, 0.05) is 32.6 Å². The molecule has 1 aromatic heterocycles. The molecule has 0 radical (unpaired) electrons. The molecule has 142 valence electrons. The van der Waals surface area contributed by atoms with Gasteiger partial charge in [-0.25, -0.2) is 4.98 Å². The van der Waals surface area contributed by atoms with Crippen molar-refractivity contribution in [2.45, 2.75) is 58.5 Å². The van der Waals surface area contributed by atoms with Gasteiger partial charge in [0.15, 0.2) is 5.82 Å². The normalized spacial score (nSPS) is 17.4. The Morgan fingerprint density at radius 1 is 1.11 bits per heavy atom. The highest BCUT2D eigenvalue weighted by Gasteiger charge is 2.22. The molecule has 0 atom stereocenters. The number of aromatic amines is 1. The zero-order valence-electron chi connectivity index (χ0n) is 16.1. The molecular formula is C22H28N4O. The summed E-state index contributed by atoms with van der Waals surface area (Å²) in [6, 6.07) is 8.88. The van der Waals surface area contributed by atoms with Crippen LogP contribution >= 0.6 is 0 Å². The molecule has 0 bridgehead atoms. The monoisotopic (exact) mass is 364 g/mol. The largest absolute Gasteiger partial charge is 0.305 e. The van der Waals surface area contributed by atoms with E-state index in [0.717, 1.165) is 68.7 Å². The van der Waals surface area contributed by atoms with Crippen LogP contribution in [0, 0.1) is 0 Å².